The summed E-state index contributed by atoms with van der Waals surface area (Å²) in [4.78, 5) is 14.9. The third-order valence-electron chi connectivity index (χ3n) is 2.39. The molecule has 94 valence electrons. The molecule has 2 rings (SSSR count). The van der Waals surface area contributed by atoms with Crippen LogP contribution in [0, 0.1) is 0 Å². The van der Waals surface area contributed by atoms with Gasteiger partial charge in [-0.2, -0.15) is 0 Å². The first-order valence-corrected chi connectivity index (χ1v) is 6.38. The molecule has 0 saturated heterocycles. The number of rotatable bonds is 4. The van der Waals surface area contributed by atoms with E-state index in [0.717, 1.165) is 10.0 Å². The van der Waals surface area contributed by atoms with Crippen LogP contribution in [0.5, 0.6) is 0 Å². The molecule has 0 unspecified atom stereocenters. The molecule has 0 aliphatic carbocycles. The Kier molecular flexibility index (Phi) is 4.04. The fraction of sp³-hybridized carbons (Fsp3) is 0.167. The quantitative estimate of drug-likeness (QED) is 0.938. The maximum Gasteiger partial charge on any atom is 0.323 e. The van der Waals surface area contributed by atoms with Crippen LogP contribution in [0.4, 0.5) is 0 Å². The SMILES string of the molecule is O=C(O)Cn1ccnc1Cc1cc(Cl)cc(Br)c1. The maximum absolute atomic E-state index is 10.7. The van der Waals surface area contributed by atoms with E-state index in [4.69, 9.17) is 16.7 Å². The zero-order chi connectivity index (χ0) is 13.1. The summed E-state index contributed by atoms with van der Waals surface area (Å²) in [5, 5.41) is 9.42. The Balaban J connectivity index is 2.23. The lowest BCUT2D eigenvalue weighted by atomic mass is 10.1. The van der Waals surface area contributed by atoms with E-state index in [2.05, 4.69) is 20.9 Å². The van der Waals surface area contributed by atoms with E-state index in [1.807, 2.05) is 12.1 Å². The number of benzene rings is 1. The van der Waals surface area contributed by atoms with Crippen molar-refractivity contribution in [2.45, 2.75) is 13.0 Å². The highest BCUT2D eigenvalue weighted by molar-refractivity contribution is 9.10. The second-order valence-corrected chi connectivity index (χ2v) is 5.17. The highest BCUT2D eigenvalue weighted by Crippen LogP contribution is 2.21. The van der Waals surface area contributed by atoms with Crippen molar-refractivity contribution in [1.82, 2.24) is 9.55 Å². The van der Waals surface area contributed by atoms with Crippen LogP contribution in [-0.4, -0.2) is 20.6 Å². The van der Waals surface area contributed by atoms with Gasteiger partial charge >= 0.3 is 5.97 Å². The average molecular weight is 330 g/mol. The fourth-order valence-electron chi connectivity index (χ4n) is 1.69. The van der Waals surface area contributed by atoms with Gasteiger partial charge in [0.2, 0.25) is 0 Å². The summed E-state index contributed by atoms with van der Waals surface area (Å²) in [6.45, 7) is -0.0862. The summed E-state index contributed by atoms with van der Waals surface area (Å²) in [6, 6.07) is 5.58. The van der Waals surface area contributed by atoms with E-state index in [1.165, 1.54) is 0 Å². The van der Waals surface area contributed by atoms with E-state index in [0.29, 0.717) is 17.3 Å². The molecule has 1 aromatic heterocycles. The minimum atomic E-state index is -0.887. The second kappa shape index (κ2) is 5.54. The van der Waals surface area contributed by atoms with Crippen LogP contribution < -0.4 is 0 Å². The Hall–Kier alpha value is -1.33. The molecular formula is C12H10BrClN2O2. The van der Waals surface area contributed by atoms with Gasteiger partial charge in [0.15, 0.2) is 0 Å². The Labute approximate surface area is 117 Å². The van der Waals surface area contributed by atoms with E-state index in [9.17, 15) is 4.79 Å². The lowest BCUT2D eigenvalue weighted by Gasteiger charge is -2.06. The molecule has 1 heterocycles. The first-order chi connectivity index (χ1) is 8.54. The minimum absolute atomic E-state index is 0.0862. The summed E-state index contributed by atoms with van der Waals surface area (Å²) >= 11 is 9.33. The predicted octanol–water partition coefficient (Wildman–Crippen LogP) is 2.97. The molecule has 0 saturated carbocycles. The third kappa shape index (κ3) is 3.34. The van der Waals surface area contributed by atoms with Crippen molar-refractivity contribution < 1.29 is 9.90 Å². The number of imidazole rings is 1. The second-order valence-electron chi connectivity index (χ2n) is 3.82. The summed E-state index contributed by atoms with van der Waals surface area (Å²) < 4.78 is 2.50. The van der Waals surface area contributed by atoms with Crippen molar-refractivity contribution in [2.24, 2.45) is 0 Å². The number of carboxylic acids is 1. The molecule has 0 aliphatic rings. The minimum Gasteiger partial charge on any atom is -0.480 e. The number of aliphatic carboxylic acids is 1. The van der Waals surface area contributed by atoms with Crippen LogP contribution in [0.3, 0.4) is 0 Å². The molecular weight excluding hydrogens is 320 g/mol. The van der Waals surface area contributed by atoms with Crippen molar-refractivity contribution in [2.75, 3.05) is 0 Å². The molecule has 0 spiro atoms. The van der Waals surface area contributed by atoms with Crippen LogP contribution in [0.25, 0.3) is 0 Å². The predicted molar refractivity (Wildman–Crippen MR) is 71.8 cm³/mol. The monoisotopic (exact) mass is 328 g/mol. The Morgan fingerprint density at radius 3 is 2.89 bits per heavy atom. The van der Waals surface area contributed by atoms with Gasteiger partial charge in [0.05, 0.1) is 0 Å². The molecule has 0 radical (unpaired) electrons. The highest BCUT2D eigenvalue weighted by atomic mass is 79.9. The largest absolute Gasteiger partial charge is 0.480 e. The molecule has 6 heteroatoms. The average Bonchev–Trinajstić information content (AvgIpc) is 2.63. The van der Waals surface area contributed by atoms with Gasteiger partial charge in [-0.1, -0.05) is 27.5 Å². The number of carbonyl (C=O) groups is 1. The summed E-state index contributed by atoms with van der Waals surface area (Å²) in [5.41, 5.74) is 0.979. The lowest BCUT2D eigenvalue weighted by Crippen LogP contribution is -2.11. The topological polar surface area (TPSA) is 55.1 Å². The van der Waals surface area contributed by atoms with Crippen LogP contribution in [0.15, 0.2) is 35.1 Å². The summed E-state index contributed by atoms with van der Waals surface area (Å²) in [6.07, 6.45) is 3.79. The van der Waals surface area contributed by atoms with Crippen molar-refractivity contribution in [3.63, 3.8) is 0 Å². The Morgan fingerprint density at radius 2 is 2.22 bits per heavy atom. The van der Waals surface area contributed by atoms with E-state index in [1.54, 1.807) is 23.0 Å². The van der Waals surface area contributed by atoms with E-state index < -0.39 is 5.97 Å². The Bertz CT molecular complexity index is 563. The van der Waals surface area contributed by atoms with Gasteiger partial charge in [0, 0.05) is 28.3 Å². The summed E-state index contributed by atoms with van der Waals surface area (Å²) in [5.74, 6) is -0.187. The van der Waals surface area contributed by atoms with Crippen LogP contribution in [0.2, 0.25) is 5.02 Å². The van der Waals surface area contributed by atoms with E-state index >= 15 is 0 Å². The van der Waals surface area contributed by atoms with Crippen molar-refractivity contribution >= 4 is 33.5 Å². The fourth-order valence-corrected chi connectivity index (χ4v) is 2.62. The van der Waals surface area contributed by atoms with Gasteiger partial charge in [-0.05, 0) is 23.8 Å². The Morgan fingerprint density at radius 1 is 1.44 bits per heavy atom. The molecule has 2 aromatic rings. The standard InChI is InChI=1S/C12H10BrClN2O2/c13-9-3-8(4-10(14)6-9)5-11-15-1-2-16(11)7-12(17)18/h1-4,6H,5,7H2,(H,17,18). The molecule has 4 nitrogen and oxygen atoms in total. The maximum atomic E-state index is 10.7. The van der Waals surface area contributed by atoms with Gasteiger partial charge in [-0.3, -0.25) is 4.79 Å². The van der Waals surface area contributed by atoms with Gasteiger partial charge in [0.1, 0.15) is 12.4 Å². The summed E-state index contributed by atoms with van der Waals surface area (Å²) in [7, 11) is 0. The first kappa shape index (κ1) is 13.1. The zero-order valence-electron chi connectivity index (χ0n) is 9.31. The molecule has 0 bridgehead atoms. The number of hydrogen-bond acceptors (Lipinski definition) is 2. The van der Waals surface area contributed by atoms with Gasteiger partial charge in [0.25, 0.3) is 0 Å². The number of hydrogen-bond donors (Lipinski definition) is 1. The number of aromatic nitrogens is 2. The van der Waals surface area contributed by atoms with Gasteiger partial charge < -0.3 is 9.67 Å². The molecule has 0 atom stereocenters. The van der Waals surface area contributed by atoms with Crippen molar-refractivity contribution in [1.29, 1.82) is 0 Å². The van der Waals surface area contributed by atoms with E-state index in [-0.39, 0.29) is 6.54 Å². The van der Waals surface area contributed by atoms with Crippen molar-refractivity contribution in [3.8, 4) is 0 Å². The number of nitrogens with zero attached hydrogens (tertiary/aromatic N) is 2. The smallest absolute Gasteiger partial charge is 0.323 e. The number of carboxylic acid groups (broad SMARTS) is 1. The van der Waals surface area contributed by atoms with Gasteiger partial charge in [-0.25, -0.2) is 4.98 Å². The van der Waals surface area contributed by atoms with Crippen LogP contribution in [-0.2, 0) is 17.8 Å². The molecule has 18 heavy (non-hydrogen) atoms. The highest BCUT2D eigenvalue weighted by Gasteiger charge is 2.08. The normalized spacial score (nSPS) is 10.6. The molecule has 0 fully saturated rings. The third-order valence-corrected chi connectivity index (χ3v) is 3.07. The molecule has 0 amide bonds. The molecule has 1 aromatic carbocycles. The molecule has 1 N–H and O–H groups in total. The van der Waals surface area contributed by atoms with Crippen LogP contribution in [0.1, 0.15) is 11.4 Å². The number of halogens is 2. The zero-order valence-corrected chi connectivity index (χ0v) is 11.6. The van der Waals surface area contributed by atoms with Crippen molar-refractivity contribution in [3.05, 3.63) is 51.5 Å². The van der Waals surface area contributed by atoms with Crippen LogP contribution >= 0.6 is 27.5 Å². The first-order valence-electron chi connectivity index (χ1n) is 5.21. The lowest BCUT2D eigenvalue weighted by molar-refractivity contribution is -0.137. The van der Waals surface area contributed by atoms with Gasteiger partial charge in [-0.15, -0.1) is 0 Å². The molecule has 0 aliphatic heterocycles.